The van der Waals surface area contributed by atoms with E-state index < -0.39 is 0 Å². The molecule has 2 aromatic rings. The number of nitrogens with one attached hydrogen (secondary N) is 1. The van der Waals surface area contributed by atoms with Crippen molar-refractivity contribution in [1.29, 1.82) is 0 Å². The molecule has 1 atom stereocenters. The molecule has 144 valence electrons. The number of hydrogen-bond donors (Lipinski definition) is 1. The Bertz CT molecular complexity index is 719. The number of morpholine rings is 1. The second kappa shape index (κ2) is 9.67. The smallest absolute Gasteiger partial charge is 0.220 e. The molecule has 0 aromatic heterocycles. The fourth-order valence-corrected chi connectivity index (χ4v) is 3.45. The Labute approximate surface area is 162 Å². The lowest BCUT2D eigenvalue weighted by Crippen LogP contribution is -2.43. The molecule has 2 aromatic carbocycles. The second-order valence-electron chi connectivity index (χ2n) is 7.36. The van der Waals surface area contributed by atoms with E-state index in [0.717, 1.165) is 32.7 Å². The van der Waals surface area contributed by atoms with E-state index in [4.69, 9.17) is 4.74 Å². The van der Waals surface area contributed by atoms with Gasteiger partial charge in [0, 0.05) is 26.1 Å². The number of ether oxygens (including phenoxy) is 1. The van der Waals surface area contributed by atoms with Gasteiger partial charge in [0.15, 0.2) is 0 Å². The van der Waals surface area contributed by atoms with E-state index in [1.165, 1.54) is 22.3 Å². The normalized spacial score (nSPS) is 16.1. The molecule has 0 bridgehead atoms. The predicted molar refractivity (Wildman–Crippen MR) is 109 cm³/mol. The maximum Gasteiger partial charge on any atom is 0.220 e. The monoisotopic (exact) mass is 366 g/mol. The summed E-state index contributed by atoms with van der Waals surface area (Å²) < 4.78 is 5.50. The van der Waals surface area contributed by atoms with Crippen LogP contribution < -0.4 is 5.32 Å². The van der Waals surface area contributed by atoms with Crippen molar-refractivity contribution < 1.29 is 9.53 Å². The summed E-state index contributed by atoms with van der Waals surface area (Å²) in [5.74, 6) is 0.112. The quantitative estimate of drug-likeness (QED) is 0.816. The van der Waals surface area contributed by atoms with E-state index in [2.05, 4.69) is 72.6 Å². The van der Waals surface area contributed by atoms with Crippen molar-refractivity contribution in [3.63, 3.8) is 0 Å². The minimum atomic E-state index is 0.112. The highest BCUT2D eigenvalue weighted by molar-refractivity contribution is 5.76. The van der Waals surface area contributed by atoms with Crippen LogP contribution in [-0.4, -0.2) is 43.7 Å². The van der Waals surface area contributed by atoms with Gasteiger partial charge in [-0.3, -0.25) is 9.69 Å². The number of carbonyl (C=O) groups is 1. The van der Waals surface area contributed by atoms with E-state index in [1.807, 2.05) is 0 Å². The number of benzene rings is 2. The Morgan fingerprint density at radius 1 is 1.00 bits per heavy atom. The number of amides is 1. The lowest BCUT2D eigenvalue weighted by molar-refractivity contribution is -0.121. The summed E-state index contributed by atoms with van der Waals surface area (Å²) in [6.07, 6.45) is 1.30. The zero-order chi connectivity index (χ0) is 19.1. The number of hydrogen-bond acceptors (Lipinski definition) is 3. The van der Waals surface area contributed by atoms with Gasteiger partial charge >= 0.3 is 0 Å². The van der Waals surface area contributed by atoms with Crippen molar-refractivity contribution in [2.75, 3.05) is 32.8 Å². The number of aryl methyl sites for hydroxylation is 3. The predicted octanol–water partition coefficient (Wildman–Crippen LogP) is 3.43. The van der Waals surface area contributed by atoms with E-state index >= 15 is 0 Å². The topological polar surface area (TPSA) is 41.6 Å². The fraction of sp³-hybridized carbons (Fsp3) is 0.435. The molecule has 3 rings (SSSR count). The van der Waals surface area contributed by atoms with Crippen molar-refractivity contribution in [3.05, 3.63) is 70.8 Å². The lowest BCUT2D eigenvalue weighted by Gasteiger charge is -2.35. The van der Waals surface area contributed by atoms with Gasteiger partial charge in [-0.25, -0.2) is 0 Å². The van der Waals surface area contributed by atoms with Crippen LogP contribution >= 0.6 is 0 Å². The van der Waals surface area contributed by atoms with Gasteiger partial charge in [0.1, 0.15) is 0 Å². The van der Waals surface area contributed by atoms with Crippen molar-refractivity contribution in [2.45, 2.75) is 32.7 Å². The molecular formula is C23H30N2O2. The molecule has 1 saturated heterocycles. The zero-order valence-corrected chi connectivity index (χ0v) is 16.4. The first-order chi connectivity index (χ1) is 13.1. The molecule has 0 radical (unpaired) electrons. The Balaban J connectivity index is 1.57. The standard InChI is InChI=1S/C23H30N2O2/c1-18-3-7-20(8-4-18)9-12-23(26)24-17-22(25-13-15-27-16-14-25)21-10-5-19(2)6-11-21/h3-8,10-11,22H,9,12-17H2,1-2H3,(H,24,26). The Kier molecular flexibility index (Phi) is 7.02. The van der Waals surface area contributed by atoms with Crippen molar-refractivity contribution in [2.24, 2.45) is 0 Å². The van der Waals surface area contributed by atoms with Crippen LogP contribution in [0, 0.1) is 13.8 Å². The van der Waals surface area contributed by atoms with Gasteiger partial charge in [-0.15, -0.1) is 0 Å². The van der Waals surface area contributed by atoms with Crippen LogP contribution in [0.15, 0.2) is 48.5 Å². The Hall–Kier alpha value is -2.17. The highest BCUT2D eigenvalue weighted by Gasteiger charge is 2.23. The molecule has 4 heteroatoms. The summed E-state index contributed by atoms with van der Waals surface area (Å²) in [5.41, 5.74) is 4.96. The van der Waals surface area contributed by atoms with E-state index in [0.29, 0.717) is 13.0 Å². The summed E-state index contributed by atoms with van der Waals surface area (Å²) >= 11 is 0. The third-order valence-corrected chi connectivity index (χ3v) is 5.20. The maximum atomic E-state index is 12.4. The zero-order valence-electron chi connectivity index (χ0n) is 16.4. The molecular weight excluding hydrogens is 336 g/mol. The average Bonchev–Trinajstić information content (AvgIpc) is 2.70. The van der Waals surface area contributed by atoms with Crippen molar-refractivity contribution in [1.82, 2.24) is 10.2 Å². The van der Waals surface area contributed by atoms with Crippen LogP contribution in [0.4, 0.5) is 0 Å². The summed E-state index contributed by atoms with van der Waals surface area (Å²) in [6, 6.07) is 17.2. The van der Waals surface area contributed by atoms with Gasteiger partial charge < -0.3 is 10.1 Å². The molecule has 1 unspecified atom stereocenters. The number of rotatable bonds is 7. The summed E-state index contributed by atoms with van der Waals surface area (Å²) in [5, 5.41) is 3.15. The molecule has 27 heavy (non-hydrogen) atoms. The first-order valence-electron chi connectivity index (χ1n) is 9.82. The molecule has 1 aliphatic rings. The molecule has 1 amide bonds. The molecule has 1 fully saturated rings. The maximum absolute atomic E-state index is 12.4. The largest absolute Gasteiger partial charge is 0.379 e. The van der Waals surface area contributed by atoms with E-state index in [1.54, 1.807) is 0 Å². The van der Waals surface area contributed by atoms with Gasteiger partial charge in [0.25, 0.3) is 0 Å². The van der Waals surface area contributed by atoms with Gasteiger partial charge in [-0.2, -0.15) is 0 Å². The lowest BCUT2D eigenvalue weighted by atomic mass is 10.0. The molecule has 0 spiro atoms. The third kappa shape index (κ3) is 5.91. The Morgan fingerprint density at radius 3 is 2.22 bits per heavy atom. The fourth-order valence-electron chi connectivity index (χ4n) is 3.45. The molecule has 0 aliphatic carbocycles. The van der Waals surface area contributed by atoms with E-state index in [-0.39, 0.29) is 11.9 Å². The third-order valence-electron chi connectivity index (χ3n) is 5.20. The van der Waals surface area contributed by atoms with Gasteiger partial charge in [-0.05, 0) is 31.4 Å². The highest BCUT2D eigenvalue weighted by Crippen LogP contribution is 2.22. The number of nitrogens with zero attached hydrogens (tertiary/aromatic N) is 1. The van der Waals surface area contributed by atoms with Gasteiger partial charge in [0.2, 0.25) is 5.91 Å². The molecule has 1 aliphatic heterocycles. The molecule has 1 N–H and O–H groups in total. The van der Waals surface area contributed by atoms with Gasteiger partial charge in [-0.1, -0.05) is 59.7 Å². The highest BCUT2D eigenvalue weighted by atomic mass is 16.5. The minimum absolute atomic E-state index is 0.112. The van der Waals surface area contributed by atoms with Crippen LogP contribution in [0.1, 0.15) is 34.7 Å². The summed E-state index contributed by atoms with van der Waals surface area (Å²) in [6.45, 7) is 8.12. The van der Waals surface area contributed by atoms with Crippen LogP contribution in [0.25, 0.3) is 0 Å². The van der Waals surface area contributed by atoms with Crippen LogP contribution in [0.3, 0.4) is 0 Å². The van der Waals surface area contributed by atoms with Crippen LogP contribution in [-0.2, 0) is 16.0 Å². The van der Waals surface area contributed by atoms with Crippen LogP contribution in [0.2, 0.25) is 0 Å². The average molecular weight is 367 g/mol. The SMILES string of the molecule is Cc1ccc(CCC(=O)NCC(c2ccc(C)cc2)N2CCOCC2)cc1. The van der Waals surface area contributed by atoms with Crippen molar-refractivity contribution >= 4 is 5.91 Å². The second-order valence-corrected chi connectivity index (χ2v) is 7.36. The molecule has 0 saturated carbocycles. The summed E-state index contributed by atoms with van der Waals surface area (Å²) in [7, 11) is 0. The Morgan fingerprint density at radius 2 is 1.59 bits per heavy atom. The molecule has 4 nitrogen and oxygen atoms in total. The molecule has 1 heterocycles. The van der Waals surface area contributed by atoms with Gasteiger partial charge in [0.05, 0.1) is 19.3 Å². The first-order valence-corrected chi connectivity index (χ1v) is 9.82. The number of carbonyl (C=O) groups excluding carboxylic acids is 1. The minimum Gasteiger partial charge on any atom is -0.379 e. The van der Waals surface area contributed by atoms with E-state index in [9.17, 15) is 4.79 Å². The summed E-state index contributed by atoms with van der Waals surface area (Å²) in [4.78, 5) is 14.8. The van der Waals surface area contributed by atoms with Crippen molar-refractivity contribution in [3.8, 4) is 0 Å². The van der Waals surface area contributed by atoms with Crippen LogP contribution in [0.5, 0.6) is 0 Å². The first kappa shape index (κ1) is 19.6.